The summed E-state index contributed by atoms with van der Waals surface area (Å²) in [7, 11) is -3.42. The zero-order valence-electron chi connectivity index (χ0n) is 12.2. The molecule has 6 heteroatoms. The number of nitrogens with one attached hydrogen (secondary N) is 1. The van der Waals surface area contributed by atoms with Gasteiger partial charge in [-0.05, 0) is 37.9 Å². The third kappa shape index (κ3) is 4.78. The van der Waals surface area contributed by atoms with Crippen LogP contribution in [0.1, 0.15) is 25.7 Å². The summed E-state index contributed by atoms with van der Waals surface area (Å²) in [5.74, 6) is 0. The number of sulfonamides is 1. The molecule has 1 aliphatic heterocycles. The lowest BCUT2D eigenvalue weighted by Crippen LogP contribution is -2.44. The Kier molecular flexibility index (Phi) is 6.17. The summed E-state index contributed by atoms with van der Waals surface area (Å²) in [6.45, 7) is 2.27. The molecule has 0 aliphatic carbocycles. The van der Waals surface area contributed by atoms with Gasteiger partial charge in [-0.2, -0.15) is 0 Å². The van der Waals surface area contributed by atoms with Gasteiger partial charge in [-0.25, -0.2) is 13.1 Å². The molecule has 0 amide bonds. The van der Waals surface area contributed by atoms with Crippen LogP contribution in [0, 0.1) is 0 Å². The Balaban J connectivity index is 1.85. The van der Waals surface area contributed by atoms with Crippen LogP contribution in [0.2, 0.25) is 0 Å². The van der Waals surface area contributed by atoms with Crippen LogP contribution in [0.4, 0.5) is 0 Å². The van der Waals surface area contributed by atoms with Crippen LogP contribution in [0.15, 0.2) is 35.2 Å². The van der Waals surface area contributed by atoms with Crippen LogP contribution < -0.4 is 4.72 Å². The molecule has 1 aromatic rings. The van der Waals surface area contributed by atoms with Gasteiger partial charge < -0.3 is 5.11 Å². The van der Waals surface area contributed by atoms with Crippen LogP contribution in [-0.4, -0.2) is 50.7 Å². The van der Waals surface area contributed by atoms with Crippen molar-refractivity contribution in [1.82, 2.24) is 9.62 Å². The number of benzene rings is 1. The fourth-order valence-electron chi connectivity index (χ4n) is 2.84. The van der Waals surface area contributed by atoms with Gasteiger partial charge in [0.15, 0.2) is 0 Å². The van der Waals surface area contributed by atoms with E-state index in [0.29, 0.717) is 24.0 Å². The molecule has 1 heterocycles. The smallest absolute Gasteiger partial charge is 0.240 e. The Morgan fingerprint density at radius 3 is 2.71 bits per heavy atom. The average Bonchev–Trinajstić information content (AvgIpc) is 2.50. The van der Waals surface area contributed by atoms with Gasteiger partial charge in [-0.1, -0.05) is 24.6 Å². The van der Waals surface area contributed by atoms with Gasteiger partial charge in [0, 0.05) is 25.7 Å². The molecule has 0 bridgehead atoms. The van der Waals surface area contributed by atoms with E-state index in [4.69, 9.17) is 5.11 Å². The molecule has 5 nitrogen and oxygen atoms in total. The van der Waals surface area contributed by atoms with Crippen molar-refractivity contribution in [2.45, 2.75) is 36.6 Å². The lowest BCUT2D eigenvalue weighted by Gasteiger charge is -2.35. The lowest BCUT2D eigenvalue weighted by molar-refractivity contribution is 0.121. The highest BCUT2D eigenvalue weighted by Gasteiger charge is 2.22. The largest absolute Gasteiger partial charge is 0.396 e. The normalized spacial score (nSPS) is 20.5. The predicted molar refractivity (Wildman–Crippen MR) is 82.5 cm³/mol. The molecule has 0 aromatic heterocycles. The highest BCUT2D eigenvalue weighted by Crippen LogP contribution is 2.18. The summed E-state index contributed by atoms with van der Waals surface area (Å²) in [5, 5.41) is 9.10. The summed E-state index contributed by atoms with van der Waals surface area (Å²) in [4.78, 5) is 2.59. The zero-order chi connectivity index (χ0) is 15.1. The molecule has 0 saturated carbocycles. The molecule has 0 radical (unpaired) electrons. The summed E-state index contributed by atoms with van der Waals surface area (Å²) in [6.07, 6.45) is 4.20. The molecule has 1 aromatic carbocycles. The van der Waals surface area contributed by atoms with Crippen molar-refractivity contribution in [2.24, 2.45) is 0 Å². The van der Waals surface area contributed by atoms with Crippen LogP contribution in [0.5, 0.6) is 0 Å². The number of nitrogens with zero attached hydrogens (tertiary/aromatic N) is 1. The van der Waals surface area contributed by atoms with Crippen molar-refractivity contribution < 1.29 is 13.5 Å². The van der Waals surface area contributed by atoms with E-state index in [1.165, 1.54) is 6.42 Å². The van der Waals surface area contributed by atoms with E-state index in [1.54, 1.807) is 30.3 Å². The van der Waals surface area contributed by atoms with Crippen molar-refractivity contribution in [3.8, 4) is 0 Å². The Bertz CT molecular complexity index is 517. The SMILES string of the molecule is O=S(=O)(NCCN1CCCCC1CCO)c1ccccc1. The van der Waals surface area contributed by atoms with E-state index in [0.717, 1.165) is 25.8 Å². The van der Waals surface area contributed by atoms with Gasteiger partial charge >= 0.3 is 0 Å². The lowest BCUT2D eigenvalue weighted by atomic mass is 10.00. The maximum Gasteiger partial charge on any atom is 0.240 e. The second kappa shape index (κ2) is 7.89. The van der Waals surface area contributed by atoms with Crippen molar-refractivity contribution in [3.63, 3.8) is 0 Å². The van der Waals surface area contributed by atoms with Gasteiger partial charge in [0.1, 0.15) is 0 Å². The van der Waals surface area contributed by atoms with Gasteiger partial charge in [-0.15, -0.1) is 0 Å². The number of likely N-dealkylation sites (tertiary alicyclic amines) is 1. The van der Waals surface area contributed by atoms with Crippen LogP contribution >= 0.6 is 0 Å². The van der Waals surface area contributed by atoms with E-state index in [1.807, 2.05) is 0 Å². The molecule has 2 N–H and O–H groups in total. The first kappa shape index (κ1) is 16.4. The minimum Gasteiger partial charge on any atom is -0.396 e. The molecule has 1 aliphatic rings. The second-order valence-corrected chi connectivity index (χ2v) is 7.18. The third-order valence-corrected chi connectivity index (χ3v) is 5.43. The molecule has 118 valence electrons. The number of hydrogen-bond acceptors (Lipinski definition) is 4. The quantitative estimate of drug-likeness (QED) is 0.794. The van der Waals surface area contributed by atoms with Gasteiger partial charge in [0.2, 0.25) is 10.0 Å². The second-order valence-electron chi connectivity index (χ2n) is 5.41. The molecule has 2 rings (SSSR count). The van der Waals surface area contributed by atoms with Crippen molar-refractivity contribution in [2.75, 3.05) is 26.2 Å². The summed E-state index contributed by atoms with van der Waals surface area (Å²) in [6, 6.07) is 8.80. The number of hydrogen-bond donors (Lipinski definition) is 2. The minimum absolute atomic E-state index is 0.191. The van der Waals surface area contributed by atoms with Crippen molar-refractivity contribution in [1.29, 1.82) is 0 Å². The highest BCUT2D eigenvalue weighted by molar-refractivity contribution is 7.89. The molecular formula is C15H24N2O3S. The highest BCUT2D eigenvalue weighted by atomic mass is 32.2. The van der Waals surface area contributed by atoms with E-state index in [-0.39, 0.29) is 6.61 Å². The summed E-state index contributed by atoms with van der Waals surface area (Å²) in [5.41, 5.74) is 0. The maximum atomic E-state index is 12.1. The molecular weight excluding hydrogens is 288 g/mol. The Morgan fingerprint density at radius 2 is 2.00 bits per heavy atom. The average molecular weight is 312 g/mol. The number of rotatable bonds is 7. The molecule has 1 atom stereocenters. The van der Waals surface area contributed by atoms with E-state index < -0.39 is 10.0 Å². The van der Waals surface area contributed by atoms with Crippen LogP contribution in [0.3, 0.4) is 0 Å². The topological polar surface area (TPSA) is 69.6 Å². The Morgan fingerprint density at radius 1 is 1.24 bits per heavy atom. The monoisotopic (exact) mass is 312 g/mol. The number of aliphatic hydroxyl groups is 1. The Labute approximate surface area is 127 Å². The Hall–Kier alpha value is -0.950. The number of aliphatic hydroxyl groups excluding tert-OH is 1. The van der Waals surface area contributed by atoms with E-state index >= 15 is 0 Å². The van der Waals surface area contributed by atoms with Gasteiger partial charge in [0.25, 0.3) is 0 Å². The number of piperidine rings is 1. The van der Waals surface area contributed by atoms with Crippen molar-refractivity contribution >= 4 is 10.0 Å². The van der Waals surface area contributed by atoms with Crippen LogP contribution in [-0.2, 0) is 10.0 Å². The first-order valence-electron chi connectivity index (χ1n) is 7.53. The molecule has 1 unspecified atom stereocenters. The van der Waals surface area contributed by atoms with Crippen molar-refractivity contribution in [3.05, 3.63) is 30.3 Å². The zero-order valence-corrected chi connectivity index (χ0v) is 13.1. The fraction of sp³-hybridized carbons (Fsp3) is 0.600. The van der Waals surface area contributed by atoms with Gasteiger partial charge in [-0.3, -0.25) is 4.90 Å². The van der Waals surface area contributed by atoms with E-state index in [9.17, 15) is 8.42 Å². The van der Waals surface area contributed by atoms with Gasteiger partial charge in [0.05, 0.1) is 4.90 Å². The predicted octanol–water partition coefficient (Wildman–Crippen LogP) is 1.20. The molecule has 1 fully saturated rings. The van der Waals surface area contributed by atoms with E-state index in [2.05, 4.69) is 9.62 Å². The fourth-order valence-corrected chi connectivity index (χ4v) is 3.88. The molecule has 0 spiro atoms. The standard InChI is InChI=1S/C15H24N2O3S/c18-13-9-14-6-4-5-11-17(14)12-10-16-21(19,20)15-7-2-1-3-8-15/h1-3,7-8,14,16,18H,4-6,9-13H2. The minimum atomic E-state index is -3.42. The molecule has 1 saturated heterocycles. The molecule has 21 heavy (non-hydrogen) atoms. The maximum absolute atomic E-state index is 12.1. The van der Waals surface area contributed by atoms with Crippen LogP contribution in [0.25, 0.3) is 0 Å². The summed E-state index contributed by atoms with van der Waals surface area (Å²) < 4.78 is 26.9. The first-order chi connectivity index (χ1) is 10.1. The summed E-state index contributed by atoms with van der Waals surface area (Å²) >= 11 is 0. The first-order valence-corrected chi connectivity index (χ1v) is 9.01. The third-order valence-electron chi connectivity index (χ3n) is 3.96.